The number of imidazole rings is 1. The molecule has 0 N–H and O–H groups in total. The van der Waals surface area contributed by atoms with E-state index in [0.29, 0.717) is 24.0 Å². The average molecular weight is 382 g/mol. The van der Waals surface area contributed by atoms with E-state index in [-0.39, 0.29) is 0 Å². The van der Waals surface area contributed by atoms with Crippen molar-refractivity contribution in [1.29, 1.82) is 5.26 Å². The van der Waals surface area contributed by atoms with E-state index in [9.17, 15) is 5.26 Å². The first-order valence-corrected chi connectivity index (χ1v) is 9.04. The molecule has 0 aliphatic carbocycles. The van der Waals surface area contributed by atoms with Gasteiger partial charge in [-0.1, -0.05) is 30.3 Å². The van der Waals surface area contributed by atoms with Gasteiger partial charge in [-0.2, -0.15) is 5.26 Å². The van der Waals surface area contributed by atoms with E-state index in [2.05, 4.69) is 16.0 Å². The first-order valence-electron chi connectivity index (χ1n) is 9.04. The van der Waals surface area contributed by atoms with Gasteiger partial charge in [-0.05, 0) is 35.9 Å². The second-order valence-corrected chi connectivity index (χ2v) is 6.29. The van der Waals surface area contributed by atoms with Crippen LogP contribution in [-0.4, -0.2) is 21.6 Å². The molecule has 29 heavy (non-hydrogen) atoms. The van der Waals surface area contributed by atoms with Crippen molar-refractivity contribution < 1.29 is 9.47 Å². The van der Waals surface area contributed by atoms with Crippen LogP contribution in [0.25, 0.3) is 17.1 Å². The smallest absolute Gasteiger partial charge is 0.212 e. The maximum atomic E-state index is 9.29. The summed E-state index contributed by atoms with van der Waals surface area (Å²) < 4.78 is 12.8. The molecule has 0 aliphatic rings. The summed E-state index contributed by atoms with van der Waals surface area (Å²) >= 11 is 0. The summed E-state index contributed by atoms with van der Waals surface area (Å²) in [5.41, 5.74) is 3.10. The topological polar surface area (TPSA) is 73.0 Å². The highest BCUT2D eigenvalue weighted by molar-refractivity contribution is 5.60. The number of nitrogens with zero attached hydrogens (tertiary/aromatic N) is 4. The van der Waals surface area contributed by atoms with E-state index in [4.69, 9.17) is 9.47 Å². The first kappa shape index (κ1) is 18.3. The van der Waals surface area contributed by atoms with Crippen molar-refractivity contribution >= 4 is 0 Å². The third-order valence-corrected chi connectivity index (χ3v) is 4.39. The van der Waals surface area contributed by atoms with Crippen molar-refractivity contribution in [3.05, 3.63) is 90.4 Å². The van der Waals surface area contributed by atoms with Gasteiger partial charge in [0.25, 0.3) is 0 Å². The number of aromatic nitrogens is 3. The minimum Gasteiger partial charge on any atom is -0.489 e. The number of hydrogen-bond donors (Lipinski definition) is 0. The standard InChI is InChI=1S/C23H18N4O2/c1-28-22-12-7-18(14-25-22)23-26-19(13-24)15-27(23)20-8-10-21(11-9-20)29-16-17-5-3-2-4-6-17/h2-12,14-15H,16H2,1H3. The fraction of sp³-hybridized carbons (Fsp3) is 0.0870. The molecule has 0 spiro atoms. The number of hydrogen-bond acceptors (Lipinski definition) is 5. The number of rotatable bonds is 6. The second-order valence-electron chi connectivity index (χ2n) is 6.29. The van der Waals surface area contributed by atoms with E-state index >= 15 is 0 Å². The normalized spacial score (nSPS) is 10.3. The van der Waals surface area contributed by atoms with Gasteiger partial charge in [0.2, 0.25) is 5.88 Å². The molecule has 2 aromatic carbocycles. The van der Waals surface area contributed by atoms with Crippen LogP contribution >= 0.6 is 0 Å². The van der Waals surface area contributed by atoms with Crippen molar-refractivity contribution in [2.45, 2.75) is 6.61 Å². The minimum absolute atomic E-state index is 0.334. The molecule has 0 amide bonds. The van der Waals surface area contributed by atoms with Crippen LogP contribution in [0.2, 0.25) is 0 Å². The molecule has 6 heteroatoms. The second kappa shape index (κ2) is 8.28. The highest BCUT2D eigenvalue weighted by Gasteiger charge is 2.12. The lowest BCUT2D eigenvalue weighted by atomic mass is 10.2. The fourth-order valence-corrected chi connectivity index (χ4v) is 2.91. The summed E-state index contributed by atoms with van der Waals surface area (Å²) in [6.07, 6.45) is 3.38. The molecule has 0 saturated heterocycles. The zero-order chi connectivity index (χ0) is 20.1. The number of pyridine rings is 1. The van der Waals surface area contributed by atoms with Crippen molar-refractivity contribution in [2.75, 3.05) is 7.11 Å². The van der Waals surface area contributed by atoms with Crippen LogP contribution in [0.3, 0.4) is 0 Å². The van der Waals surface area contributed by atoms with Crippen molar-refractivity contribution in [3.8, 4) is 34.8 Å². The van der Waals surface area contributed by atoms with Crippen LogP contribution in [-0.2, 0) is 6.61 Å². The monoisotopic (exact) mass is 382 g/mol. The molecule has 4 aromatic rings. The molecule has 0 atom stereocenters. The van der Waals surface area contributed by atoms with Crippen LogP contribution < -0.4 is 9.47 Å². The molecule has 0 saturated carbocycles. The summed E-state index contributed by atoms with van der Waals surface area (Å²) in [4.78, 5) is 8.65. The summed E-state index contributed by atoms with van der Waals surface area (Å²) in [5.74, 6) is 1.92. The Morgan fingerprint density at radius 3 is 2.45 bits per heavy atom. The van der Waals surface area contributed by atoms with Crippen LogP contribution in [0.1, 0.15) is 11.3 Å². The van der Waals surface area contributed by atoms with Crippen LogP contribution in [0.5, 0.6) is 11.6 Å². The highest BCUT2D eigenvalue weighted by atomic mass is 16.5. The third kappa shape index (κ3) is 4.09. The Morgan fingerprint density at radius 2 is 1.79 bits per heavy atom. The molecule has 0 bridgehead atoms. The molecule has 0 radical (unpaired) electrons. The molecular formula is C23H18N4O2. The molecule has 6 nitrogen and oxygen atoms in total. The predicted octanol–water partition coefficient (Wildman–Crippen LogP) is 4.39. The van der Waals surface area contributed by atoms with Crippen molar-refractivity contribution in [2.24, 2.45) is 0 Å². The van der Waals surface area contributed by atoms with Gasteiger partial charge < -0.3 is 9.47 Å². The van der Waals surface area contributed by atoms with E-state index in [1.165, 1.54) is 0 Å². The van der Waals surface area contributed by atoms with Gasteiger partial charge in [0.1, 0.15) is 24.3 Å². The largest absolute Gasteiger partial charge is 0.489 e. The lowest BCUT2D eigenvalue weighted by Crippen LogP contribution is -1.98. The maximum Gasteiger partial charge on any atom is 0.212 e. The number of ether oxygens (including phenoxy) is 2. The molecule has 0 unspecified atom stereocenters. The van der Waals surface area contributed by atoms with Crippen LogP contribution in [0.4, 0.5) is 0 Å². The zero-order valence-corrected chi connectivity index (χ0v) is 15.8. The van der Waals surface area contributed by atoms with E-state index in [0.717, 1.165) is 22.6 Å². The van der Waals surface area contributed by atoms with Gasteiger partial charge in [-0.25, -0.2) is 9.97 Å². The zero-order valence-electron chi connectivity index (χ0n) is 15.8. The Kier molecular flexibility index (Phi) is 5.21. The van der Waals surface area contributed by atoms with Gasteiger partial charge >= 0.3 is 0 Å². The Morgan fingerprint density at radius 1 is 1.00 bits per heavy atom. The summed E-state index contributed by atoms with van der Waals surface area (Å²) in [5, 5.41) is 9.29. The molecule has 2 aromatic heterocycles. The Labute approximate surface area is 168 Å². The lowest BCUT2D eigenvalue weighted by molar-refractivity contribution is 0.306. The first-order chi connectivity index (χ1) is 14.3. The molecule has 0 aliphatic heterocycles. The summed E-state index contributed by atoms with van der Waals surface area (Å²) in [6, 6.07) is 23.4. The van der Waals surface area contributed by atoms with Crippen LogP contribution in [0, 0.1) is 11.3 Å². The molecular weight excluding hydrogens is 364 g/mol. The SMILES string of the molecule is COc1ccc(-c2nc(C#N)cn2-c2ccc(OCc3ccccc3)cc2)cn1. The number of nitriles is 1. The Hall–Kier alpha value is -4.11. The van der Waals surface area contributed by atoms with Gasteiger partial charge in [0.05, 0.1) is 7.11 Å². The molecule has 142 valence electrons. The van der Waals surface area contributed by atoms with Crippen molar-refractivity contribution in [1.82, 2.24) is 14.5 Å². The van der Waals surface area contributed by atoms with Gasteiger partial charge in [0, 0.05) is 29.7 Å². The highest BCUT2D eigenvalue weighted by Crippen LogP contribution is 2.25. The summed E-state index contributed by atoms with van der Waals surface area (Å²) in [6.45, 7) is 0.507. The number of benzene rings is 2. The maximum absolute atomic E-state index is 9.29. The van der Waals surface area contributed by atoms with E-state index < -0.39 is 0 Å². The Balaban J connectivity index is 1.59. The quantitative estimate of drug-likeness (QED) is 0.494. The number of methoxy groups -OCH3 is 1. The van der Waals surface area contributed by atoms with E-state index in [1.807, 2.05) is 65.2 Å². The molecule has 2 heterocycles. The average Bonchev–Trinajstić information content (AvgIpc) is 3.23. The minimum atomic E-state index is 0.334. The summed E-state index contributed by atoms with van der Waals surface area (Å²) in [7, 11) is 1.57. The molecule has 0 fully saturated rings. The molecule has 4 rings (SSSR count). The fourth-order valence-electron chi connectivity index (χ4n) is 2.91. The van der Waals surface area contributed by atoms with Gasteiger partial charge in [-0.15, -0.1) is 0 Å². The van der Waals surface area contributed by atoms with E-state index in [1.54, 1.807) is 25.6 Å². The Bertz CT molecular complexity index is 1130. The van der Waals surface area contributed by atoms with Crippen LogP contribution in [0.15, 0.2) is 79.1 Å². The predicted molar refractivity (Wildman–Crippen MR) is 109 cm³/mol. The van der Waals surface area contributed by atoms with Gasteiger partial charge in [-0.3, -0.25) is 4.57 Å². The van der Waals surface area contributed by atoms with Gasteiger partial charge in [0.15, 0.2) is 5.69 Å². The van der Waals surface area contributed by atoms with Crippen molar-refractivity contribution in [3.63, 3.8) is 0 Å². The third-order valence-electron chi connectivity index (χ3n) is 4.39. The lowest BCUT2D eigenvalue weighted by Gasteiger charge is -2.10.